The van der Waals surface area contributed by atoms with Crippen LogP contribution in [0.3, 0.4) is 0 Å². The molecule has 4 heterocycles. The summed E-state index contributed by atoms with van der Waals surface area (Å²) in [5.74, 6) is 0.750. The van der Waals surface area contributed by atoms with Crippen LogP contribution in [0.4, 0.5) is 0 Å². The number of amides is 1. The second-order valence-corrected chi connectivity index (χ2v) is 8.39. The van der Waals surface area contributed by atoms with Crippen LogP contribution in [0.25, 0.3) is 33.6 Å². The first-order chi connectivity index (χ1) is 16.0. The van der Waals surface area contributed by atoms with E-state index in [0.717, 1.165) is 54.0 Å². The average Bonchev–Trinajstić information content (AvgIpc) is 3.49. The first-order valence-electron chi connectivity index (χ1n) is 11.0. The van der Waals surface area contributed by atoms with Gasteiger partial charge in [-0.1, -0.05) is 18.2 Å². The van der Waals surface area contributed by atoms with Gasteiger partial charge in [-0.15, -0.1) is 12.4 Å². The van der Waals surface area contributed by atoms with E-state index in [-0.39, 0.29) is 24.9 Å². The second kappa shape index (κ2) is 10.1. The summed E-state index contributed by atoms with van der Waals surface area (Å²) < 4.78 is 3.47. The number of piperazine rings is 1. The molecule has 0 bridgehead atoms. The minimum absolute atomic E-state index is 0. The number of rotatable bonds is 5. The third-order valence-electron chi connectivity index (χ3n) is 5.93. The highest BCUT2D eigenvalue weighted by molar-refractivity contribution is 5.85. The van der Waals surface area contributed by atoms with E-state index >= 15 is 0 Å². The summed E-state index contributed by atoms with van der Waals surface area (Å²) in [6.45, 7) is 3.58. The van der Waals surface area contributed by atoms with Crippen molar-refractivity contribution in [2.45, 2.75) is 6.54 Å². The molecule has 0 aliphatic carbocycles. The van der Waals surface area contributed by atoms with Gasteiger partial charge in [-0.3, -0.25) is 14.2 Å². The van der Waals surface area contributed by atoms with Crippen LogP contribution >= 0.6 is 12.4 Å². The van der Waals surface area contributed by atoms with E-state index in [4.69, 9.17) is 0 Å². The van der Waals surface area contributed by atoms with E-state index in [1.54, 1.807) is 28.0 Å². The number of hydrogen-bond acceptors (Lipinski definition) is 6. The Morgan fingerprint density at radius 3 is 2.21 bits per heavy atom. The molecule has 10 heteroatoms. The second-order valence-electron chi connectivity index (χ2n) is 8.39. The van der Waals surface area contributed by atoms with Gasteiger partial charge in [0.05, 0.1) is 12.4 Å². The molecule has 1 aromatic carbocycles. The van der Waals surface area contributed by atoms with E-state index in [1.807, 2.05) is 48.7 Å². The summed E-state index contributed by atoms with van der Waals surface area (Å²) in [6.07, 6.45) is 11.0. The lowest BCUT2D eigenvalue weighted by atomic mass is 10.1. The SMILES string of the molecule is CN1CCN(C(=O)Cn2cc(-c3cnc(-c4cccc(-c5cnn(C)c5)c4)nc3)cn2)CC1.Cl. The molecule has 1 aliphatic heterocycles. The fourth-order valence-corrected chi connectivity index (χ4v) is 3.93. The molecule has 1 amide bonds. The van der Waals surface area contributed by atoms with Crippen molar-refractivity contribution in [3.8, 4) is 33.6 Å². The Kier molecular flexibility index (Phi) is 7.04. The number of carbonyl (C=O) groups is 1. The number of nitrogens with zero attached hydrogens (tertiary/aromatic N) is 8. The van der Waals surface area contributed by atoms with Gasteiger partial charge in [0.1, 0.15) is 6.54 Å². The molecule has 1 fully saturated rings. The maximum absolute atomic E-state index is 12.6. The number of likely N-dealkylation sites (N-methyl/N-ethyl adjacent to an activating group) is 1. The predicted octanol–water partition coefficient (Wildman–Crippen LogP) is 2.60. The summed E-state index contributed by atoms with van der Waals surface area (Å²) in [7, 11) is 3.98. The third-order valence-corrected chi connectivity index (χ3v) is 5.93. The number of aromatic nitrogens is 6. The molecule has 4 aromatic rings. The lowest BCUT2D eigenvalue weighted by Crippen LogP contribution is -2.48. The van der Waals surface area contributed by atoms with E-state index in [9.17, 15) is 4.79 Å². The zero-order valence-electron chi connectivity index (χ0n) is 19.2. The number of benzene rings is 1. The maximum Gasteiger partial charge on any atom is 0.244 e. The van der Waals surface area contributed by atoms with Crippen molar-refractivity contribution in [2.24, 2.45) is 7.05 Å². The average molecular weight is 479 g/mol. The smallest absolute Gasteiger partial charge is 0.244 e. The highest BCUT2D eigenvalue weighted by Gasteiger charge is 2.19. The Morgan fingerprint density at radius 2 is 1.50 bits per heavy atom. The minimum atomic E-state index is 0. The molecular formula is C24H27ClN8O. The lowest BCUT2D eigenvalue weighted by Gasteiger charge is -2.32. The van der Waals surface area contributed by atoms with Gasteiger partial charge in [-0.2, -0.15) is 10.2 Å². The van der Waals surface area contributed by atoms with Crippen molar-refractivity contribution < 1.29 is 4.79 Å². The zero-order chi connectivity index (χ0) is 22.8. The Morgan fingerprint density at radius 1 is 0.824 bits per heavy atom. The molecule has 0 N–H and O–H groups in total. The molecule has 34 heavy (non-hydrogen) atoms. The summed E-state index contributed by atoms with van der Waals surface area (Å²) >= 11 is 0. The number of halogens is 1. The molecule has 176 valence electrons. The topological polar surface area (TPSA) is 85.0 Å². The predicted molar refractivity (Wildman–Crippen MR) is 132 cm³/mol. The van der Waals surface area contributed by atoms with Gasteiger partial charge in [-0.25, -0.2) is 9.97 Å². The van der Waals surface area contributed by atoms with Crippen LogP contribution in [0, 0.1) is 0 Å². The first kappa shape index (κ1) is 23.6. The lowest BCUT2D eigenvalue weighted by molar-refractivity contribution is -0.133. The molecule has 3 aromatic heterocycles. The van der Waals surface area contributed by atoms with Crippen LogP contribution < -0.4 is 0 Å². The van der Waals surface area contributed by atoms with Crippen molar-refractivity contribution in [3.05, 3.63) is 61.4 Å². The van der Waals surface area contributed by atoms with Crippen molar-refractivity contribution in [1.82, 2.24) is 39.3 Å². The fraction of sp³-hybridized carbons (Fsp3) is 0.292. The molecular weight excluding hydrogens is 452 g/mol. The summed E-state index contributed by atoms with van der Waals surface area (Å²) in [5.41, 5.74) is 4.81. The number of aryl methyl sites for hydroxylation is 1. The van der Waals surface area contributed by atoms with Crippen LogP contribution in [0.1, 0.15) is 0 Å². The highest BCUT2D eigenvalue weighted by Crippen LogP contribution is 2.25. The summed E-state index contributed by atoms with van der Waals surface area (Å²) in [5, 5.41) is 8.61. The number of carbonyl (C=O) groups excluding carboxylic acids is 1. The van der Waals surface area contributed by atoms with Gasteiger partial charge in [-0.05, 0) is 18.7 Å². The molecule has 5 rings (SSSR count). The summed E-state index contributed by atoms with van der Waals surface area (Å²) in [6, 6.07) is 8.11. The molecule has 9 nitrogen and oxygen atoms in total. The van der Waals surface area contributed by atoms with E-state index in [2.05, 4.69) is 38.2 Å². The summed E-state index contributed by atoms with van der Waals surface area (Å²) in [4.78, 5) is 25.8. The molecule has 0 atom stereocenters. The number of hydrogen-bond donors (Lipinski definition) is 0. The van der Waals surface area contributed by atoms with Crippen molar-refractivity contribution in [3.63, 3.8) is 0 Å². The van der Waals surface area contributed by atoms with E-state index in [1.165, 1.54) is 0 Å². The zero-order valence-corrected chi connectivity index (χ0v) is 20.0. The van der Waals surface area contributed by atoms with Gasteiger partial charge in [0.15, 0.2) is 5.82 Å². The quantitative estimate of drug-likeness (QED) is 0.438. The molecule has 0 spiro atoms. The van der Waals surface area contributed by atoms with Crippen LogP contribution in [-0.2, 0) is 18.4 Å². The molecule has 1 saturated heterocycles. The largest absolute Gasteiger partial charge is 0.339 e. The van der Waals surface area contributed by atoms with Crippen molar-refractivity contribution >= 4 is 18.3 Å². The maximum atomic E-state index is 12.6. The Hall–Kier alpha value is -3.56. The van der Waals surface area contributed by atoms with Crippen molar-refractivity contribution in [1.29, 1.82) is 0 Å². The first-order valence-corrected chi connectivity index (χ1v) is 11.0. The molecule has 0 unspecified atom stereocenters. The van der Waals surface area contributed by atoms with Gasteiger partial charge in [0.25, 0.3) is 0 Å². The monoisotopic (exact) mass is 478 g/mol. The fourth-order valence-electron chi connectivity index (χ4n) is 3.93. The normalized spacial score (nSPS) is 14.1. The molecule has 0 radical (unpaired) electrons. The van der Waals surface area contributed by atoms with Crippen molar-refractivity contribution in [2.75, 3.05) is 33.2 Å². The molecule has 1 aliphatic rings. The molecule has 0 saturated carbocycles. The van der Waals surface area contributed by atoms with Crippen LogP contribution in [0.5, 0.6) is 0 Å². The van der Waals surface area contributed by atoms with Crippen LogP contribution in [-0.4, -0.2) is 78.5 Å². The Balaban J connectivity index is 0.00000274. The van der Waals surface area contributed by atoms with E-state index < -0.39 is 0 Å². The minimum Gasteiger partial charge on any atom is -0.339 e. The van der Waals surface area contributed by atoms with Crippen LogP contribution in [0.15, 0.2) is 61.4 Å². The van der Waals surface area contributed by atoms with E-state index in [0.29, 0.717) is 5.82 Å². The third kappa shape index (κ3) is 5.16. The Labute approximate surface area is 204 Å². The Bertz CT molecular complexity index is 1260. The van der Waals surface area contributed by atoms with Gasteiger partial charge in [0.2, 0.25) is 5.91 Å². The standard InChI is InChI=1S/C24H26N8O.ClH/c1-29-6-8-31(9-7-29)23(33)17-32-16-22(14-28-32)20-11-25-24(26-12-20)19-5-3-4-18(10-19)21-13-27-30(2)15-21;/h3-5,10-16H,6-9,17H2,1-2H3;1H. The highest BCUT2D eigenvalue weighted by atomic mass is 35.5. The van der Waals surface area contributed by atoms with Gasteiger partial charge < -0.3 is 9.80 Å². The van der Waals surface area contributed by atoms with Gasteiger partial charge >= 0.3 is 0 Å². The van der Waals surface area contributed by atoms with Crippen LogP contribution in [0.2, 0.25) is 0 Å². The van der Waals surface area contributed by atoms with Gasteiger partial charge in [0, 0.05) is 80.3 Å².